The van der Waals surface area contributed by atoms with Gasteiger partial charge in [0.1, 0.15) is 6.04 Å². The summed E-state index contributed by atoms with van der Waals surface area (Å²) in [5.41, 5.74) is 5.90. The van der Waals surface area contributed by atoms with E-state index in [4.69, 9.17) is 15.2 Å². The third kappa shape index (κ3) is 27.9. The summed E-state index contributed by atoms with van der Waals surface area (Å²) in [4.78, 5) is 24.0. The molecule has 0 saturated carbocycles. The molecule has 0 aromatic rings. The van der Waals surface area contributed by atoms with Crippen molar-refractivity contribution in [3.05, 3.63) is 0 Å². The summed E-state index contributed by atoms with van der Waals surface area (Å²) < 4.78 is 10.6. The maximum absolute atomic E-state index is 12.0. The van der Waals surface area contributed by atoms with Crippen molar-refractivity contribution < 1.29 is 19.1 Å². The quantitative estimate of drug-likeness (QED) is 0.0726. The van der Waals surface area contributed by atoms with Crippen LogP contribution >= 0.6 is 0 Å². The highest BCUT2D eigenvalue weighted by molar-refractivity contribution is 5.77. The Balaban J connectivity index is 3.41. The summed E-state index contributed by atoms with van der Waals surface area (Å²) in [6.45, 7) is 5.41. The Bertz CT molecular complexity index is 511. The first-order valence-electron chi connectivity index (χ1n) is 16.7. The highest BCUT2D eigenvalue weighted by Gasteiger charge is 2.17. The van der Waals surface area contributed by atoms with Gasteiger partial charge in [0.25, 0.3) is 0 Å². The molecule has 0 unspecified atom stereocenters. The van der Waals surface area contributed by atoms with Crippen molar-refractivity contribution in [3.63, 3.8) is 0 Å². The van der Waals surface area contributed by atoms with Gasteiger partial charge in [-0.25, -0.2) is 0 Å². The average Bonchev–Trinajstić information content (AvgIpc) is 2.92. The second-order valence-corrected chi connectivity index (χ2v) is 11.3. The molecule has 0 amide bonds. The lowest BCUT2D eigenvalue weighted by atomic mass is 10.1. The first-order valence-corrected chi connectivity index (χ1v) is 16.7. The van der Waals surface area contributed by atoms with Gasteiger partial charge in [0.15, 0.2) is 0 Å². The summed E-state index contributed by atoms with van der Waals surface area (Å²) in [6, 6.07) is -0.744. The fourth-order valence-corrected chi connectivity index (χ4v) is 4.82. The molecule has 2 N–H and O–H groups in total. The van der Waals surface area contributed by atoms with Crippen molar-refractivity contribution in [3.8, 4) is 0 Å². The molecule has 1 atom stereocenters. The molecular formula is C33H65NO4. The van der Waals surface area contributed by atoms with Crippen LogP contribution in [0.5, 0.6) is 0 Å². The molecule has 0 saturated heterocycles. The van der Waals surface area contributed by atoms with Crippen molar-refractivity contribution in [1.82, 2.24) is 0 Å². The molecule has 38 heavy (non-hydrogen) atoms. The van der Waals surface area contributed by atoms with Gasteiger partial charge in [0, 0.05) is 6.42 Å². The molecule has 0 aromatic heterocycles. The van der Waals surface area contributed by atoms with E-state index in [1.54, 1.807) is 0 Å². The minimum atomic E-state index is -0.744. The van der Waals surface area contributed by atoms with E-state index in [9.17, 15) is 9.59 Å². The van der Waals surface area contributed by atoms with Gasteiger partial charge in [-0.2, -0.15) is 0 Å². The smallest absolute Gasteiger partial charge is 0.322 e. The number of carbonyl (C=O) groups excluding carboxylic acids is 2. The van der Waals surface area contributed by atoms with Crippen molar-refractivity contribution in [2.24, 2.45) is 5.73 Å². The molecule has 226 valence electrons. The topological polar surface area (TPSA) is 78.6 Å². The molecular weight excluding hydrogens is 474 g/mol. The van der Waals surface area contributed by atoms with Gasteiger partial charge in [-0.05, 0) is 19.3 Å². The number of rotatable bonds is 30. The number of esters is 2. The van der Waals surface area contributed by atoms with E-state index >= 15 is 0 Å². The highest BCUT2D eigenvalue weighted by atomic mass is 16.5. The fraction of sp³-hybridized carbons (Fsp3) is 0.939. The van der Waals surface area contributed by atoms with E-state index in [-0.39, 0.29) is 18.8 Å². The second-order valence-electron chi connectivity index (χ2n) is 11.3. The SMILES string of the molecule is CCCCCCCCCCCCCCOC(=O)CC[C@@H](N)C(=O)OCCCCCCCCCCCCCC. The Labute approximate surface area is 236 Å². The number of hydrogen-bond donors (Lipinski definition) is 1. The van der Waals surface area contributed by atoms with Gasteiger partial charge in [-0.1, -0.05) is 155 Å². The van der Waals surface area contributed by atoms with Crippen molar-refractivity contribution in [2.45, 2.75) is 187 Å². The lowest BCUT2D eigenvalue weighted by Gasteiger charge is -2.11. The van der Waals surface area contributed by atoms with Crippen LogP contribution in [-0.2, 0) is 19.1 Å². The van der Waals surface area contributed by atoms with E-state index in [1.165, 1.54) is 128 Å². The zero-order valence-electron chi connectivity index (χ0n) is 25.6. The van der Waals surface area contributed by atoms with E-state index in [2.05, 4.69) is 13.8 Å². The van der Waals surface area contributed by atoms with E-state index in [0.717, 1.165) is 25.7 Å². The molecule has 0 fully saturated rings. The molecule has 5 heteroatoms. The van der Waals surface area contributed by atoms with Gasteiger partial charge < -0.3 is 15.2 Å². The van der Waals surface area contributed by atoms with Crippen LogP contribution in [0.1, 0.15) is 181 Å². The third-order valence-electron chi connectivity index (χ3n) is 7.47. The number of nitrogens with two attached hydrogens (primary N) is 1. The van der Waals surface area contributed by atoms with Crippen LogP contribution in [0.15, 0.2) is 0 Å². The maximum atomic E-state index is 12.0. The Morgan fingerprint density at radius 1 is 0.500 bits per heavy atom. The van der Waals surface area contributed by atoms with Gasteiger partial charge in [-0.15, -0.1) is 0 Å². The fourth-order valence-electron chi connectivity index (χ4n) is 4.82. The van der Waals surface area contributed by atoms with Crippen LogP contribution in [0.25, 0.3) is 0 Å². The number of carbonyl (C=O) groups is 2. The zero-order valence-corrected chi connectivity index (χ0v) is 25.6. The van der Waals surface area contributed by atoms with Crippen LogP contribution < -0.4 is 5.73 Å². The minimum absolute atomic E-state index is 0.174. The largest absolute Gasteiger partial charge is 0.466 e. The van der Waals surface area contributed by atoms with Crippen LogP contribution in [0, 0.1) is 0 Å². The van der Waals surface area contributed by atoms with Crippen molar-refractivity contribution >= 4 is 11.9 Å². The molecule has 0 aliphatic carbocycles. The standard InChI is InChI=1S/C33H65NO4/c1-3-5-7-9-11-13-15-17-19-21-23-25-29-37-32(35)28-27-31(34)33(36)38-30-26-24-22-20-18-16-14-12-10-8-6-4-2/h31H,3-30,34H2,1-2H3/t31-/m1/s1. The molecule has 0 spiro atoms. The zero-order chi connectivity index (χ0) is 27.9. The Kier molecular flexibility index (Phi) is 29.6. The molecule has 0 aromatic carbocycles. The lowest BCUT2D eigenvalue weighted by Crippen LogP contribution is -2.33. The number of hydrogen-bond acceptors (Lipinski definition) is 5. The first-order chi connectivity index (χ1) is 18.6. The van der Waals surface area contributed by atoms with Crippen molar-refractivity contribution in [1.29, 1.82) is 0 Å². The van der Waals surface area contributed by atoms with E-state index < -0.39 is 12.0 Å². The summed E-state index contributed by atoms with van der Waals surface area (Å²) in [7, 11) is 0. The summed E-state index contributed by atoms with van der Waals surface area (Å²) in [6.07, 6.45) is 31.2. The molecule has 0 radical (unpaired) electrons. The van der Waals surface area contributed by atoms with Crippen LogP contribution in [0.3, 0.4) is 0 Å². The predicted octanol–water partition coefficient (Wildman–Crippen LogP) is 9.58. The first kappa shape index (κ1) is 36.9. The van der Waals surface area contributed by atoms with E-state index in [1.807, 2.05) is 0 Å². The molecule has 0 heterocycles. The average molecular weight is 540 g/mol. The molecule has 0 bridgehead atoms. The maximum Gasteiger partial charge on any atom is 0.322 e. The molecule has 0 aliphatic rings. The summed E-state index contributed by atoms with van der Waals surface area (Å²) in [5.74, 6) is -0.667. The minimum Gasteiger partial charge on any atom is -0.466 e. The highest BCUT2D eigenvalue weighted by Crippen LogP contribution is 2.13. The van der Waals surface area contributed by atoms with Gasteiger partial charge >= 0.3 is 11.9 Å². The number of unbranched alkanes of at least 4 members (excludes halogenated alkanes) is 22. The summed E-state index contributed by atoms with van der Waals surface area (Å²) >= 11 is 0. The van der Waals surface area contributed by atoms with Crippen molar-refractivity contribution in [2.75, 3.05) is 13.2 Å². The van der Waals surface area contributed by atoms with Crippen LogP contribution in [-0.4, -0.2) is 31.2 Å². The Morgan fingerprint density at radius 3 is 1.18 bits per heavy atom. The van der Waals surface area contributed by atoms with Gasteiger partial charge in [-0.3, -0.25) is 9.59 Å². The predicted molar refractivity (Wildman–Crippen MR) is 161 cm³/mol. The molecule has 5 nitrogen and oxygen atoms in total. The summed E-state index contributed by atoms with van der Waals surface area (Å²) in [5, 5.41) is 0. The van der Waals surface area contributed by atoms with Gasteiger partial charge in [0.2, 0.25) is 0 Å². The van der Waals surface area contributed by atoms with Crippen LogP contribution in [0.2, 0.25) is 0 Å². The Morgan fingerprint density at radius 2 is 0.816 bits per heavy atom. The lowest BCUT2D eigenvalue weighted by molar-refractivity contribution is -0.146. The Hall–Kier alpha value is -1.10. The number of ether oxygens (including phenoxy) is 2. The van der Waals surface area contributed by atoms with E-state index in [0.29, 0.717) is 13.2 Å². The normalized spacial score (nSPS) is 12.0. The van der Waals surface area contributed by atoms with Gasteiger partial charge in [0.05, 0.1) is 13.2 Å². The third-order valence-corrected chi connectivity index (χ3v) is 7.47. The molecule has 0 rings (SSSR count). The van der Waals surface area contributed by atoms with Crippen LogP contribution in [0.4, 0.5) is 0 Å². The molecule has 0 aliphatic heterocycles. The second kappa shape index (κ2) is 30.4. The monoisotopic (exact) mass is 539 g/mol.